The molecule has 7 atom stereocenters. The minimum atomic E-state index is -1.50. The Kier molecular flexibility index (Phi) is 11.3. The second kappa shape index (κ2) is 14.7. The molecule has 0 radical (unpaired) electrons. The van der Waals surface area contributed by atoms with Crippen LogP contribution in [0.5, 0.6) is 5.75 Å². The highest BCUT2D eigenvalue weighted by atomic mass is 16.9. The summed E-state index contributed by atoms with van der Waals surface area (Å²) in [5.41, 5.74) is 0.732. The van der Waals surface area contributed by atoms with Gasteiger partial charge < -0.3 is 29.6 Å². The smallest absolute Gasteiger partial charge is 0.311 e. The van der Waals surface area contributed by atoms with Gasteiger partial charge in [-0.2, -0.15) is 0 Å². The summed E-state index contributed by atoms with van der Waals surface area (Å²) in [4.78, 5) is 64.6. The van der Waals surface area contributed by atoms with Crippen LogP contribution in [-0.4, -0.2) is 62.4 Å². The molecule has 1 aromatic carbocycles. The van der Waals surface area contributed by atoms with Crippen molar-refractivity contribution in [2.75, 3.05) is 6.61 Å². The molecule has 13 heteroatoms. The fraction of sp³-hybridized carbons (Fsp3) is 0.600. The molecule has 4 aliphatic carbocycles. The van der Waals surface area contributed by atoms with Gasteiger partial charge in [0, 0.05) is 17.3 Å². The van der Waals surface area contributed by atoms with E-state index >= 15 is 0 Å². The van der Waals surface area contributed by atoms with Crippen molar-refractivity contribution < 1.29 is 53.9 Å². The number of benzene rings is 1. The molecule has 48 heavy (non-hydrogen) atoms. The zero-order valence-corrected chi connectivity index (χ0v) is 27.8. The average molecular weight is 672 g/mol. The van der Waals surface area contributed by atoms with Crippen LogP contribution in [0.4, 0.5) is 0 Å². The first-order valence-corrected chi connectivity index (χ1v) is 16.2. The van der Waals surface area contributed by atoms with Gasteiger partial charge in [-0.3, -0.25) is 19.2 Å². The van der Waals surface area contributed by atoms with Gasteiger partial charge in [0.15, 0.2) is 17.4 Å². The third kappa shape index (κ3) is 8.74. The first-order valence-electron chi connectivity index (χ1n) is 16.2. The van der Waals surface area contributed by atoms with E-state index in [0.717, 1.165) is 24.8 Å². The van der Waals surface area contributed by atoms with Gasteiger partial charge in [0.05, 0.1) is 18.9 Å². The maximum Gasteiger partial charge on any atom is 0.311 e. The third-order valence-electron chi connectivity index (χ3n) is 10.3. The van der Waals surface area contributed by atoms with Gasteiger partial charge >= 0.3 is 11.9 Å². The lowest BCUT2D eigenvalue weighted by molar-refractivity contribution is -0.763. The Morgan fingerprint density at radius 1 is 1.08 bits per heavy atom. The van der Waals surface area contributed by atoms with Crippen molar-refractivity contribution in [2.45, 2.75) is 91.1 Å². The van der Waals surface area contributed by atoms with Crippen molar-refractivity contribution in [1.82, 2.24) is 0 Å². The summed E-state index contributed by atoms with van der Waals surface area (Å²) in [7, 11) is 0. The number of nitrogens with zero attached hydrogens (tertiary/aromatic N) is 1. The molecule has 7 unspecified atom stereocenters. The molecule has 0 amide bonds. The van der Waals surface area contributed by atoms with Gasteiger partial charge in [-0.05, 0) is 93.1 Å². The Morgan fingerprint density at radius 3 is 2.46 bits per heavy atom. The molecule has 5 rings (SSSR count). The van der Waals surface area contributed by atoms with E-state index in [-0.39, 0.29) is 72.5 Å². The molecule has 0 aliphatic heterocycles. The Hall–Kier alpha value is -3.94. The quantitative estimate of drug-likeness (QED) is 0.107. The highest BCUT2D eigenvalue weighted by Gasteiger charge is 2.62. The Bertz CT molecular complexity index is 1470. The molecule has 3 N–H and O–H groups in total. The molecule has 3 fully saturated rings. The van der Waals surface area contributed by atoms with E-state index < -0.39 is 34.3 Å². The molecule has 0 bridgehead atoms. The summed E-state index contributed by atoms with van der Waals surface area (Å²) in [6, 6.07) is 6.06. The number of fused-ring (bicyclic) bond motifs is 5. The lowest BCUT2D eigenvalue weighted by atomic mass is 9.46. The number of ether oxygens (including phenoxy) is 2. The summed E-state index contributed by atoms with van der Waals surface area (Å²) in [6.07, 6.45) is 7.80. The molecular formula is C35H45NO12. The second-order valence-corrected chi connectivity index (χ2v) is 14.2. The number of esters is 2. The topological polar surface area (TPSA) is 200 Å². The third-order valence-corrected chi connectivity index (χ3v) is 10.3. The zero-order chi connectivity index (χ0) is 35.4. The van der Waals surface area contributed by atoms with Crippen LogP contribution < -0.4 is 4.74 Å². The number of hydrogen-bond donors (Lipinski definition) is 3. The summed E-state index contributed by atoms with van der Waals surface area (Å²) in [5.74, 6) is -2.80. The first kappa shape index (κ1) is 36.9. The highest BCUT2D eigenvalue weighted by molar-refractivity contribution is 6.01. The van der Waals surface area contributed by atoms with Crippen LogP contribution in [-0.2, 0) is 35.4 Å². The molecule has 4 aliphatic rings. The second-order valence-electron chi connectivity index (χ2n) is 14.2. The number of Topliss-reactive ketones (excluding diaryl/α,β-unsaturated/α-hetero) is 1. The van der Waals surface area contributed by atoms with E-state index in [9.17, 15) is 34.4 Å². The van der Waals surface area contributed by atoms with Crippen LogP contribution in [0.3, 0.4) is 0 Å². The van der Waals surface area contributed by atoms with Crippen LogP contribution in [0, 0.1) is 44.6 Å². The Balaban J connectivity index is 0.000000968. The lowest BCUT2D eigenvalue weighted by Gasteiger charge is -2.58. The molecule has 1 aromatic rings. The summed E-state index contributed by atoms with van der Waals surface area (Å²) >= 11 is 0. The molecule has 0 heterocycles. The maximum absolute atomic E-state index is 13.3. The van der Waals surface area contributed by atoms with Crippen LogP contribution in [0.25, 0.3) is 0 Å². The predicted molar refractivity (Wildman–Crippen MR) is 169 cm³/mol. The molecule has 0 spiro atoms. The number of aliphatic hydroxyl groups is 3. The van der Waals surface area contributed by atoms with Crippen LogP contribution >= 0.6 is 0 Å². The number of aliphatic hydroxyl groups excluding tert-OH is 1. The van der Waals surface area contributed by atoms with Crippen molar-refractivity contribution in [3.05, 3.63) is 63.7 Å². The fourth-order valence-electron chi connectivity index (χ4n) is 8.39. The average Bonchev–Trinajstić information content (AvgIpc) is 3.33. The van der Waals surface area contributed by atoms with E-state index in [0.29, 0.717) is 18.4 Å². The van der Waals surface area contributed by atoms with Crippen molar-refractivity contribution in [3.63, 3.8) is 0 Å². The fourth-order valence-corrected chi connectivity index (χ4v) is 8.39. The van der Waals surface area contributed by atoms with Gasteiger partial charge in [0.1, 0.15) is 19.0 Å². The lowest BCUT2D eigenvalue weighted by Crippen LogP contribution is -2.56. The van der Waals surface area contributed by atoms with Crippen LogP contribution in [0.1, 0.15) is 78.2 Å². The molecular weight excluding hydrogens is 626 g/mol. The highest BCUT2D eigenvalue weighted by Crippen LogP contribution is 2.66. The van der Waals surface area contributed by atoms with Gasteiger partial charge in [-0.15, -0.1) is 10.1 Å². The van der Waals surface area contributed by atoms with E-state index in [2.05, 4.69) is 18.7 Å². The zero-order valence-electron chi connectivity index (χ0n) is 27.8. The number of hydrogen-bond acceptors (Lipinski definition) is 12. The minimum Gasteiger partial charge on any atom is -0.458 e. The number of carbonyl (C=O) groups excluding carboxylic acids is 4. The van der Waals surface area contributed by atoms with Crippen molar-refractivity contribution in [1.29, 1.82) is 0 Å². The molecule has 0 saturated heterocycles. The number of ketones is 2. The van der Waals surface area contributed by atoms with Gasteiger partial charge in [0.25, 0.3) is 5.09 Å². The number of allylic oxidation sites excluding steroid dienone is 4. The Morgan fingerprint density at radius 2 is 1.77 bits per heavy atom. The molecule has 262 valence electrons. The SMILES string of the molecule is CC(C)(O)O.CC12C=CC(=O)C=C1CCC1C2C(O)CC2(C)C(C(=O)COC(=O)CCC(=O)Oc3cccc(CO[N+](=O)[O-])c3)CCC12. The van der Waals surface area contributed by atoms with Crippen LogP contribution in [0.2, 0.25) is 0 Å². The van der Waals surface area contributed by atoms with E-state index in [1.807, 2.05) is 6.08 Å². The molecule has 0 aromatic heterocycles. The van der Waals surface area contributed by atoms with Crippen molar-refractivity contribution >= 4 is 23.5 Å². The maximum atomic E-state index is 13.3. The van der Waals surface area contributed by atoms with Crippen molar-refractivity contribution in [2.24, 2.45) is 34.5 Å². The van der Waals surface area contributed by atoms with Gasteiger partial charge in [-0.25, -0.2) is 0 Å². The Labute approximate surface area is 279 Å². The number of rotatable bonds is 10. The van der Waals surface area contributed by atoms with Crippen LogP contribution in [0.15, 0.2) is 48.1 Å². The van der Waals surface area contributed by atoms with E-state index in [4.69, 9.17) is 19.7 Å². The normalized spacial score (nSPS) is 30.4. The standard InChI is InChI=1S/C32H37NO10.C3H8O2/c1-31-13-12-21(34)15-20(31)6-7-23-24-8-9-25(32(24,2)16-26(35)30(23)31)27(36)18-41-28(37)10-11-29(38)43-22-5-3-4-19(14-22)17-42-33(39)40;1-3(2,4)5/h3-5,12-15,23-26,30,35H,6-11,16-18H2,1-2H3;4-5H,1-2H3. The summed E-state index contributed by atoms with van der Waals surface area (Å²) in [5, 5.41) is 37.1. The summed E-state index contributed by atoms with van der Waals surface area (Å²) < 4.78 is 10.5. The molecule has 13 nitrogen and oxygen atoms in total. The summed E-state index contributed by atoms with van der Waals surface area (Å²) in [6.45, 7) is 6.11. The number of carbonyl (C=O) groups is 4. The predicted octanol–water partition coefficient (Wildman–Crippen LogP) is 3.79. The van der Waals surface area contributed by atoms with Gasteiger partial charge in [-0.1, -0.05) is 37.6 Å². The molecule has 3 saturated carbocycles. The van der Waals surface area contributed by atoms with E-state index in [1.54, 1.807) is 24.3 Å². The minimum absolute atomic E-state index is 0.00763. The monoisotopic (exact) mass is 671 g/mol. The van der Waals surface area contributed by atoms with Crippen molar-refractivity contribution in [3.8, 4) is 5.75 Å². The van der Waals surface area contributed by atoms with Gasteiger partial charge in [0.2, 0.25) is 0 Å². The first-order chi connectivity index (χ1) is 22.4. The largest absolute Gasteiger partial charge is 0.458 e. The van der Waals surface area contributed by atoms with E-state index in [1.165, 1.54) is 26.0 Å².